The number of ketones is 1. The lowest BCUT2D eigenvalue weighted by Crippen LogP contribution is -2.04. The quantitative estimate of drug-likeness (QED) is 0.317. The van der Waals surface area contributed by atoms with Gasteiger partial charge in [0.2, 0.25) is 0 Å². The molecule has 136 valence electrons. The predicted octanol–water partition coefficient (Wildman–Crippen LogP) is 6.56. The molecule has 0 aliphatic carbocycles. The Balaban J connectivity index is 1.99. The summed E-state index contributed by atoms with van der Waals surface area (Å²) in [7, 11) is 1.58. The molecule has 1 N–H and O–H groups in total. The smallest absolute Gasteiger partial charge is 0.188 e. The molecule has 3 nitrogen and oxygen atoms in total. The predicted molar refractivity (Wildman–Crippen MR) is 117 cm³/mol. The van der Waals surface area contributed by atoms with E-state index in [1.165, 1.54) is 0 Å². The first-order valence-electron chi connectivity index (χ1n) is 8.24. The van der Waals surface area contributed by atoms with E-state index in [0.717, 1.165) is 20.2 Å². The molecule has 0 unspecified atom stereocenters. The van der Waals surface area contributed by atoms with Crippen LogP contribution < -0.4 is 10.1 Å². The van der Waals surface area contributed by atoms with Gasteiger partial charge in [-0.2, -0.15) is 0 Å². The number of halogens is 2. The summed E-state index contributed by atoms with van der Waals surface area (Å²) in [6.07, 6.45) is 1.61. The van der Waals surface area contributed by atoms with Gasteiger partial charge in [-0.25, -0.2) is 0 Å². The molecule has 0 heterocycles. The standard InChI is InChI=1S/C22H17Br2NO2/c1-27-18-9-5-8-16(12-18)22(26)14-21(15-6-3-2-4-7-15)25-20-11-10-17(23)13-19(20)24/h2-14,25H,1H3/b21-14-. The molecule has 27 heavy (non-hydrogen) atoms. The van der Waals surface area contributed by atoms with Crippen molar-refractivity contribution in [2.45, 2.75) is 0 Å². The lowest BCUT2D eigenvalue weighted by molar-refractivity contribution is 0.104. The topological polar surface area (TPSA) is 38.3 Å². The van der Waals surface area contributed by atoms with Gasteiger partial charge in [0.05, 0.1) is 12.8 Å². The highest BCUT2D eigenvalue weighted by atomic mass is 79.9. The molecule has 0 aliphatic heterocycles. The molecule has 0 amide bonds. The van der Waals surface area contributed by atoms with Gasteiger partial charge in [-0.05, 0) is 51.8 Å². The minimum atomic E-state index is -0.103. The summed E-state index contributed by atoms with van der Waals surface area (Å²) in [6.45, 7) is 0. The van der Waals surface area contributed by atoms with Crippen molar-refractivity contribution < 1.29 is 9.53 Å². The number of benzene rings is 3. The van der Waals surface area contributed by atoms with Crippen molar-refractivity contribution in [2.24, 2.45) is 0 Å². The third-order valence-electron chi connectivity index (χ3n) is 3.91. The van der Waals surface area contributed by atoms with E-state index in [1.54, 1.807) is 31.4 Å². The first-order chi connectivity index (χ1) is 13.1. The fourth-order valence-electron chi connectivity index (χ4n) is 2.54. The van der Waals surface area contributed by atoms with Crippen molar-refractivity contribution in [1.29, 1.82) is 0 Å². The van der Waals surface area contributed by atoms with E-state index in [2.05, 4.69) is 37.2 Å². The van der Waals surface area contributed by atoms with E-state index in [9.17, 15) is 4.79 Å². The van der Waals surface area contributed by atoms with Crippen LogP contribution in [0.5, 0.6) is 5.75 Å². The molecule has 0 radical (unpaired) electrons. The van der Waals surface area contributed by atoms with Gasteiger partial charge in [0.15, 0.2) is 5.78 Å². The average Bonchev–Trinajstić information content (AvgIpc) is 2.70. The molecule has 0 saturated carbocycles. The summed E-state index contributed by atoms with van der Waals surface area (Å²) >= 11 is 7.01. The van der Waals surface area contributed by atoms with Crippen LogP contribution in [-0.4, -0.2) is 12.9 Å². The molecule has 0 saturated heterocycles. The third-order valence-corrected chi connectivity index (χ3v) is 5.06. The van der Waals surface area contributed by atoms with Gasteiger partial charge in [0.1, 0.15) is 5.75 Å². The van der Waals surface area contributed by atoms with Gasteiger partial charge in [0.25, 0.3) is 0 Å². The van der Waals surface area contributed by atoms with Gasteiger partial charge < -0.3 is 10.1 Å². The third kappa shape index (κ3) is 5.08. The van der Waals surface area contributed by atoms with Crippen molar-refractivity contribution in [3.63, 3.8) is 0 Å². The van der Waals surface area contributed by atoms with E-state index in [4.69, 9.17) is 4.74 Å². The Bertz CT molecular complexity index is 985. The zero-order chi connectivity index (χ0) is 19.2. The summed E-state index contributed by atoms with van der Waals surface area (Å²) in [5.74, 6) is 0.549. The largest absolute Gasteiger partial charge is 0.497 e. The Hall–Kier alpha value is -2.37. The number of hydrogen-bond donors (Lipinski definition) is 1. The van der Waals surface area contributed by atoms with Crippen LogP contribution in [0.1, 0.15) is 15.9 Å². The van der Waals surface area contributed by atoms with Crippen molar-refractivity contribution in [1.82, 2.24) is 0 Å². The molecule has 3 aromatic carbocycles. The molecular formula is C22H17Br2NO2. The van der Waals surface area contributed by atoms with Crippen LogP contribution in [0.15, 0.2) is 87.8 Å². The summed E-state index contributed by atoms with van der Waals surface area (Å²) in [4.78, 5) is 12.8. The van der Waals surface area contributed by atoms with Crippen molar-refractivity contribution >= 4 is 49.0 Å². The molecule has 0 atom stereocenters. The van der Waals surface area contributed by atoms with Crippen molar-refractivity contribution in [3.05, 3.63) is 98.9 Å². The Kier molecular flexibility index (Phi) is 6.48. The van der Waals surface area contributed by atoms with E-state index in [-0.39, 0.29) is 5.78 Å². The monoisotopic (exact) mass is 485 g/mol. The van der Waals surface area contributed by atoms with Crippen LogP contribution in [0.2, 0.25) is 0 Å². The van der Waals surface area contributed by atoms with Crippen LogP contribution in [0.3, 0.4) is 0 Å². The summed E-state index contributed by atoms with van der Waals surface area (Å²) in [6, 6.07) is 22.7. The van der Waals surface area contributed by atoms with Gasteiger partial charge in [-0.3, -0.25) is 4.79 Å². The van der Waals surface area contributed by atoms with Crippen molar-refractivity contribution in [2.75, 3.05) is 12.4 Å². The van der Waals surface area contributed by atoms with Crippen LogP contribution in [-0.2, 0) is 0 Å². The fourth-order valence-corrected chi connectivity index (χ4v) is 3.68. The second-order valence-electron chi connectivity index (χ2n) is 5.77. The van der Waals surface area contributed by atoms with Gasteiger partial charge in [-0.15, -0.1) is 0 Å². The van der Waals surface area contributed by atoms with Crippen LogP contribution >= 0.6 is 31.9 Å². The van der Waals surface area contributed by atoms with Crippen LogP contribution in [0, 0.1) is 0 Å². The SMILES string of the molecule is COc1cccc(C(=O)/C=C(\Nc2ccc(Br)cc2Br)c2ccccc2)c1. The first kappa shape index (κ1) is 19.4. The molecule has 0 aliphatic rings. The maximum absolute atomic E-state index is 12.8. The Morgan fingerprint density at radius 3 is 2.37 bits per heavy atom. The number of nitrogens with one attached hydrogen (secondary N) is 1. The Morgan fingerprint density at radius 1 is 0.926 bits per heavy atom. The number of ether oxygens (including phenoxy) is 1. The Labute approximate surface area is 175 Å². The number of carbonyl (C=O) groups excluding carboxylic acids is 1. The first-order valence-corrected chi connectivity index (χ1v) is 9.83. The minimum Gasteiger partial charge on any atom is -0.497 e. The van der Waals surface area contributed by atoms with E-state index in [1.807, 2.05) is 54.6 Å². The number of methoxy groups -OCH3 is 1. The molecule has 0 aromatic heterocycles. The summed E-state index contributed by atoms with van der Waals surface area (Å²) in [5, 5.41) is 3.36. The molecule has 0 bridgehead atoms. The highest BCUT2D eigenvalue weighted by Gasteiger charge is 2.10. The van der Waals surface area contributed by atoms with E-state index < -0.39 is 0 Å². The second kappa shape index (κ2) is 9.02. The number of hydrogen-bond acceptors (Lipinski definition) is 3. The van der Waals surface area contributed by atoms with Crippen molar-refractivity contribution in [3.8, 4) is 5.75 Å². The van der Waals surface area contributed by atoms with E-state index >= 15 is 0 Å². The molecule has 0 spiro atoms. The average molecular weight is 487 g/mol. The lowest BCUT2D eigenvalue weighted by atomic mass is 10.1. The highest BCUT2D eigenvalue weighted by molar-refractivity contribution is 9.11. The second-order valence-corrected chi connectivity index (χ2v) is 7.54. The maximum atomic E-state index is 12.8. The number of anilines is 1. The number of carbonyl (C=O) groups is 1. The Morgan fingerprint density at radius 2 is 1.67 bits per heavy atom. The number of rotatable bonds is 6. The number of allylic oxidation sites excluding steroid dienone is 1. The molecular weight excluding hydrogens is 470 g/mol. The molecule has 3 rings (SSSR count). The highest BCUT2D eigenvalue weighted by Crippen LogP contribution is 2.29. The fraction of sp³-hybridized carbons (Fsp3) is 0.0455. The molecule has 5 heteroatoms. The summed E-state index contributed by atoms with van der Waals surface area (Å²) < 4.78 is 7.08. The minimum absolute atomic E-state index is 0.103. The zero-order valence-electron chi connectivity index (χ0n) is 14.6. The van der Waals surface area contributed by atoms with Gasteiger partial charge in [-0.1, -0.05) is 58.4 Å². The maximum Gasteiger partial charge on any atom is 0.188 e. The van der Waals surface area contributed by atoms with Crippen LogP contribution in [0.25, 0.3) is 5.70 Å². The van der Waals surface area contributed by atoms with Gasteiger partial charge in [0, 0.05) is 26.3 Å². The zero-order valence-corrected chi connectivity index (χ0v) is 17.7. The molecule has 0 fully saturated rings. The molecule has 3 aromatic rings. The van der Waals surface area contributed by atoms with E-state index in [0.29, 0.717) is 17.0 Å². The van der Waals surface area contributed by atoms with Gasteiger partial charge >= 0.3 is 0 Å². The summed E-state index contributed by atoms with van der Waals surface area (Å²) in [5.41, 5.74) is 3.07. The lowest BCUT2D eigenvalue weighted by Gasteiger charge is -2.13. The van der Waals surface area contributed by atoms with Crippen LogP contribution in [0.4, 0.5) is 5.69 Å². The normalized spacial score (nSPS) is 11.1.